The average Bonchev–Trinajstić information content (AvgIpc) is 2.14. The number of ether oxygens (including phenoxy) is 2. The van der Waals surface area contributed by atoms with Gasteiger partial charge in [-0.25, -0.2) is 0 Å². The maximum absolute atomic E-state index is 10.8. The van der Waals surface area contributed by atoms with E-state index in [1.807, 2.05) is 0 Å². The van der Waals surface area contributed by atoms with Crippen molar-refractivity contribution in [3.63, 3.8) is 0 Å². The molecule has 72 valence electrons. The summed E-state index contributed by atoms with van der Waals surface area (Å²) in [5.41, 5.74) is 0. The molecule has 0 unspecified atom stereocenters. The van der Waals surface area contributed by atoms with Crippen LogP contribution in [0.2, 0.25) is 0 Å². The van der Waals surface area contributed by atoms with Gasteiger partial charge in [-0.05, 0) is 6.08 Å². The normalized spacial score (nSPS) is 12.1. The second kappa shape index (κ2) is 7.09. The SMILES string of the molecule is C=C/C=C/[C@H](CC(=O)OC)OC=O. The van der Waals surface area contributed by atoms with Gasteiger partial charge in [0, 0.05) is 0 Å². The van der Waals surface area contributed by atoms with Gasteiger partial charge in [-0.15, -0.1) is 0 Å². The molecular weight excluding hydrogens is 172 g/mol. The average molecular weight is 184 g/mol. The fourth-order valence-electron chi connectivity index (χ4n) is 0.683. The fraction of sp³-hybridized carbons (Fsp3) is 0.333. The second-order valence-electron chi connectivity index (χ2n) is 2.17. The zero-order valence-electron chi connectivity index (χ0n) is 7.43. The van der Waals surface area contributed by atoms with E-state index in [-0.39, 0.29) is 6.42 Å². The van der Waals surface area contributed by atoms with Gasteiger partial charge in [0.2, 0.25) is 0 Å². The van der Waals surface area contributed by atoms with Gasteiger partial charge in [-0.1, -0.05) is 18.7 Å². The van der Waals surface area contributed by atoms with E-state index in [9.17, 15) is 9.59 Å². The fourth-order valence-corrected chi connectivity index (χ4v) is 0.683. The minimum Gasteiger partial charge on any atom is -0.469 e. The Bertz CT molecular complexity index is 208. The number of methoxy groups -OCH3 is 1. The van der Waals surface area contributed by atoms with Crippen molar-refractivity contribution >= 4 is 12.4 Å². The van der Waals surface area contributed by atoms with Crippen molar-refractivity contribution in [1.82, 2.24) is 0 Å². The Morgan fingerprint density at radius 1 is 1.62 bits per heavy atom. The highest BCUT2D eigenvalue weighted by Gasteiger charge is 2.11. The topological polar surface area (TPSA) is 52.6 Å². The highest BCUT2D eigenvalue weighted by molar-refractivity contribution is 5.70. The molecule has 0 aromatic carbocycles. The third-order valence-corrected chi connectivity index (χ3v) is 1.29. The highest BCUT2D eigenvalue weighted by atomic mass is 16.5. The van der Waals surface area contributed by atoms with E-state index in [1.54, 1.807) is 12.2 Å². The van der Waals surface area contributed by atoms with Gasteiger partial charge in [0.05, 0.1) is 13.5 Å². The lowest BCUT2D eigenvalue weighted by atomic mass is 10.2. The zero-order valence-corrected chi connectivity index (χ0v) is 7.43. The number of allylic oxidation sites excluding steroid dienone is 2. The molecule has 0 N–H and O–H groups in total. The second-order valence-corrected chi connectivity index (χ2v) is 2.17. The first-order chi connectivity index (χ1) is 6.24. The quantitative estimate of drug-likeness (QED) is 0.348. The summed E-state index contributed by atoms with van der Waals surface area (Å²) in [5.74, 6) is -0.430. The van der Waals surface area contributed by atoms with Crippen LogP contribution < -0.4 is 0 Å². The largest absolute Gasteiger partial charge is 0.469 e. The molecule has 0 aliphatic heterocycles. The summed E-state index contributed by atoms with van der Waals surface area (Å²) < 4.78 is 9.01. The smallest absolute Gasteiger partial charge is 0.309 e. The third-order valence-electron chi connectivity index (χ3n) is 1.29. The molecule has 0 bridgehead atoms. The Balaban J connectivity index is 4.07. The Morgan fingerprint density at radius 3 is 2.77 bits per heavy atom. The van der Waals surface area contributed by atoms with Crippen LogP contribution >= 0.6 is 0 Å². The number of hydrogen-bond donors (Lipinski definition) is 0. The summed E-state index contributed by atoms with van der Waals surface area (Å²) in [6.07, 6.45) is 4.11. The van der Waals surface area contributed by atoms with Crippen LogP contribution in [0.15, 0.2) is 24.8 Å². The van der Waals surface area contributed by atoms with Crippen LogP contribution in [0.5, 0.6) is 0 Å². The number of carbonyl (C=O) groups is 2. The van der Waals surface area contributed by atoms with Crippen molar-refractivity contribution in [3.8, 4) is 0 Å². The van der Waals surface area contributed by atoms with E-state index in [2.05, 4.69) is 16.1 Å². The minimum atomic E-state index is -0.581. The monoisotopic (exact) mass is 184 g/mol. The van der Waals surface area contributed by atoms with Crippen LogP contribution in [0.3, 0.4) is 0 Å². The van der Waals surface area contributed by atoms with Gasteiger partial charge in [-0.3, -0.25) is 9.59 Å². The van der Waals surface area contributed by atoms with E-state index in [1.165, 1.54) is 13.2 Å². The summed E-state index contributed by atoms with van der Waals surface area (Å²) in [6.45, 7) is 3.74. The molecule has 0 amide bonds. The zero-order chi connectivity index (χ0) is 10.1. The molecule has 0 spiro atoms. The number of rotatable bonds is 6. The summed E-state index contributed by atoms with van der Waals surface area (Å²) in [5, 5.41) is 0. The molecular formula is C9H12O4. The molecule has 1 atom stereocenters. The Hall–Kier alpha value is -1.58. The van der Waals surface area contributed by atoms with Gasteiger partial charge in [0.25, 0.3) is 6.47 Å². The van der Waals surface area contributed by atoms with Crippen LogP contribution in [0.1, 0.15) is 6.42 Å². The van der Waals surface area contributed by atoms with Crippen LogP contribution in [0.4, 0.5) is 0 Å². The van der Waals surface area contributed by atoms with Gasteiger partial charge in [0.15, 0.2) is 0 Å². The van der Waals surface area contributed by atoms with Crippen molar-refractivity contribution in [2.75, 3.05) is 7.11 Å². The number of esters is 1. The summed E-state index contributed by atoms with van der Waals surface area (Å²) in [4.78, 5) is 20.8. The Morgan fingerprint density at radius 2 is 2.31 bits per heavy atom. The summed E-state index contributed by atoms with van der Waals surface area (Å²) in [7, 11) is 1.28. The van der Waals surface area contributed by atoms with Crippen molar-refractivity contribution in [2.45, 2.75) is 12.5 Å². The molecule has 4 heteroatoms. The molecule has 0 saturated carbocycles. The van der Waals surface area contributed by atoms with Crippen molar-refractivity contribution in [2.24, 2.45) is 0 Å². The van der Waals surface area contributed by atoms with E-state index in [4.69, 9.17) is 0 Å². The lowest BCUT2D eigenvalue weighted by molar-refractivity contribution is -0.144. The van der Waals surface area contributed by atoms with Gasteiger partial charge in [0.1, 0.15) is 6.10 Å². The van der Waals surface area contributed by atoms with Crippen molar-refractivity contribution in [1.29, 1.82) is 0 Å². The Kier molecular flexibility index (Phi) is 6.23. The molecule has 0 saturated heterocycles. The molecule has 0 heterocycles. The van der Waals surface area contributed by atoms with E-state index >= 15 is 0 Å². The molecule has 0 aromatic rings. The predicted octanol–water partition coefficient (Wildman–Crippen LogP) is 0.833. The summed E-state index contributed by atoms with van der Waals surface area (Å²) in [6, 6.07) is 0. The maximum atomic E-state index is 10.8. The lowest BCUT2D eigenvalue weighted by Gasteiger charge is -2.08. The standard InChI is InChI=1S/C9H12O4/c1-3-4-5-8(13-7-10)6-9(11)12-2/h3-5,7-8H,1,6H2,2H3/b5-4+/t8-/m1/s1. The van der Waals surface area contributed by atoms with Gasteiger partial charge < -0.3 is 9.47 Å². The third kappa shape index (κ3) is 5.66. The first-order valence-corrected chi connectivity index (χ1v) is 3.69. The molecule has 0 aliphatic carbocycles. The molecule has 0 fully saturated rings. The van der Waals surface area contributed by atoms with Crippen LogP contribution in [-0.4, -0.2) is 25.7 Å². The van der Waals surface area contributed by atoms with Crippen molar-refractivity contribution in [3.05, 3.63) is 24.8 Å². The number of hydrogen-bond acceptors (Lipinski definition) is 4. The molecule has 0 rings (SSSR count). The minimum absolute atomic E-state index is 0.0135. The molecule has 0 aliphatic rings. The van der Waals surface area contributed by atoms with Gasteiger partial charge in [-0.2, -0.15) is 0 Å². The first kappa shape index (κ1) is 11.4. The number of carbonyl (C=O) groups excluding carboxylic acids is 2. The van der Waals surface area contributed by atoms with E-state index in [0.29, 0.717) is 6.47 Å². The summed E-state index contributed by atoms with van der Waals surface area (Å²) >= 11 is 0. The van der Waals surface area contributed by atoms with E-state index < -0.39 is 12.1 Å². The van der Waals surface area contributed by atoms with Crippen LogP contribution in [0.25, 0.3) is 0 Å². The van der Waals surface area contributed by atoms with E-state index in [0.717, 1.165) is 0 Å². The van der Waals surface area contributed by atoms with Crippen LogP contribution in [0, 0.1) is 0 Å². The maximum Gasteiger partial charge on any atom is 0.309 e. The predicted molar refractivity (Wildman–Crippen MR) is 46.9 cm³/mol. The molecule has 13 heavy (non-hydrogen) atoms. The molecule has 0 radical (unpaired) electrons. The Labute approximate surface area is 76.8 Å². The van der Waals surface area contributed by atoms with Gasteiger partial charge >= 0.3 is 5.97 Å². The first-order valence-electron chi connectivity index (χ1n) is 3.69. The highest BCUT2D eigenvalue weighted by Crippen LogP contribution is 2.00. The molecule has 0 aromatic heterocycles. The lowest BCUT2D eigenvalue weighted by Crippen LogP contribution is -2.15. The van der Waals surface area contributed by atoms with Crippen molar-refractivity contribution < 1.29 is 19.1 Å². The molecule has 4 nitrogen and oxygen atoms in total. The van der Waals surface area contributed by atoms with Crippen LogP contribution in [-0.2, 0) is 19.1 Å².